The third-order valence-electron chi connectivity index (χ3n) is 3.64. The van der Waals surface area contributed by atoms with E-state index >= 15 is 0 Å². The van der Waals surface area contributed by atoms with Crippen LogP contribution in [0, 0.1) is 25.5 Å². The van der Waals surface area contributed by atoms with Crippen LogP contribution >= 0.6 is 0 Å². The summed E-state index contributed by atoms with van der Waals surface area (Å²) < 4.78 is 32.6. The van der Waals surface area contributed by atoms with Crippen molar-refractivity contribution in [2.24, 2.45) is 5.73 Å². The van der Waals surface area contributed by atoms with Gasteiger partial charge in [-0.2, -0.15) is 0 Å². The highest BCUT2D eigenvalue weighted by atomic mass is 19.1. The number of hydrogen-bond acceptors (Lipinski definition) is 2. The molecule has 0 amide bonds. The number of nitrogens with two attached hydrogens (primary N) is 1. The summed E-state index contributed by atoms with van der Waals surface area (Å²) in [6.45, 7) is 3.63. The molecule has 1 aromatic heterocycles. The molecule has 3 rings (SSSR count). The molecule has 0 spiro atoms. The number of aryl methyl sites for hydroxylation is 2. The van der Waals surface area contributed by atoms with E-state index in [1.807, 2.05) is 13.0 Å². The number of rotatable bonds is 2. The van der Waals surface area contributed by atoms with Crippen LogP contribution < -0.4 is 5.73 Å². The SMILES string of the molecule is Cc1cc(F)cc(C(N)c2oc3ccc(F)cc3c2C)c1. The Kier molecular flexibility index (Phi) is 3.26. The summed E-state index contributed by atoms with van der Waals surface area (Å²) in [7, 11) is 0. The Morgan fingerprint density at radius 2 is 1.76 bits per heavy atom. The third-order valence-corrected chi connectivity index (χ3v) is 3.64. The number of hydrogen-bond donors (Lipinski definition) is 1. The Morgan fingerprint density at radius 3 is 2.48 bits per heavy atom. The van der Waals surface area contributed by atoms with Crippen molar-refractivity contribution in [2.45, 2.75) is 19.9 Å². The van der Waals surface area contributed by atoms with Crippen molar-refractivity contribution in [1.82, 2.24) is 0 Å². The van der Waals surface area contributed by atoms with E-state index in [2.05, 4.69) is 0 Å². The minimum Gasteiger partial charge on any atom is -0.459 e. The predicted molar refractivity (Wildman–Crippen MR) is 78.1 cm³/mol. The van der Waals surface area contributed by atoms with Gasteiger partial charge in [0.25, 0.3) is 0 Å². The summed E-state index contributed by atoms with van der Waals surface area (Å²) in [5.41, 5.74) is 8.98. The molecule has 1 unspecified atom stereocenters. The lowest BCUT2D eigenvalue weighted by molar-refractivity contribution is 0.519. The Labute approximate surface area is 121 Å². The van der Waals surface area contributed by atoms with Gasteiger partial charge >= 0.3 is 0 Å². The van der Waals surface area contributed by atoms with Gasteiger partial charge in [0, 0.05) is 10.9 Å². The van der Waals surface area contributed by atoms with E-state index in [1.54, 1.807) is 13.0 Å². The van der Waals surface area contributed by atoms with E-state index in [9.17, 15) is 8.78 Å². The molecule has 4 heteroatoms. The first kappa shape index (κ1) is 13.8. The lowest BCUT2D eigenvalue weighted by Gasteiger charge is -2.11. The molecule has 0 aliphatic rings. The highest BCUT2D eigenvalue weighted by molar-refractivity contribution is 5.82. The quantitative estimate of drug-likeness (QED) is 0.760. The van der Waals surface area contributed by atoms with Crippen molar-refractivity contribution in [3.8, 4) is 0 Å². The average molecular weight is 287 g/mol. The summed E-state index contributed by atoms with van der Waals surface area (Å²) in [5, 5.41) is 0.688. The Morgan fingerprint density at radius 1 is 1.00 bits per heavy atom. The van der Waals surface area contributed by atoms with Crippen LogP contribution in [0.2, 0.25) is 0 Å². The second kappa shape index (κ2) is 4.97. The fraction of sp³-hybridized carbons (Fsp3) is 0.176. The largest absolute Gasteiger partial charge is 0.459 e. The third kappa shape index (κ3) is 2.43. The molecule has 2 aromatic carbocycles. The second-order valence-electron chi connectivity index (χ2n) is 5.27. The summed E-state index contributed by atoms with van der Waals surface area (Å²) in [6, 6.07) is 8.40. The molecule has 1 heterocycles. The van der Waals surface area contributed by atoms with E-state index in [-0.39, 0.29) is 11.6 Å². The van der Waals surface area contributed by atoms with E-state index in [0.29, 0.717) is 22.3 Å². The molecular formula is C17H15F2NO. The minimum absolute atomic E-state index is 0.326. The fourth-order valence-corrected chi connectivity index (χ4v) is 2.60. The van der Waals surface area contributed by atoms with Crippen LogP contribution in [0.3, 0.4) is 0 Å². The minimum atomic E-state index is -0.588. The zero-order chi connectivity index (χ0) is 15.1. The van der Waals surface area contributed by atoms with Crippen LogP contribution in [0.25, 0.3) is 11.0 Å². The highest BCUT2D eigenvalue weighted by Gasteiger charge is 2.19. The van der Waals surface area contributed by atoms with Gasteiger partial charge in [0.15, 0.2) is 0 Å². The van der Waals surface area contributed by atoms with Gasteiger partial charge in [0.05, 0.1) is 6.04 Å². The Balaban J connectivity index is 2.13. The lowest BCUT2D eigenvalue weighted by atomic mass is 10.00. The lowest BCUT2D eigenvalue weighted by Crippen LogP contribution is -2.12. The Bertz CT molecular complexity index is 803. The molecule has 0 saturated carbocycles. The number of furan rings is 1. The van der Waals surface area contributed by atoms with Crippen molar-refractivity contribution >= 4 is 11.0 Å². The molecule has 0 fully saturated rings. The standard InChI is InChI=1S/C17H15F2NO/c1-9-5-11(7-13(19)6-9)16(20)17-10(2)14-8-12(18)3-4-15(14)21-17/h3-8,16H,20H2,1-2H3. The van der Waals surface area contributed by atoms with Crippen LogP contribution in [-0.4, -0.2) is 0 Å². The van der Waals surface area contributed by atoms with Crippen molar-refractivity contribution < 1.29 is 13.2 Å². The number of benzene rings is 2. The molecule has 2 nitrogen and oxygen atoms in total. The van der Waals surface area contributed by atoms with Crippen molar-refractivity contribution in [2.75, 3.05) is 0 Å². The maximum Gasteiger partial charge on any atom is 0.134 e. The zero-order valence-electron chi connectivity index (χ0n) is 11.8. The average Bonchev–Trinajstić information content (AvgIpc) is 2.74. The first-order chi connectivity index (χ1) is 9.95. The van der Waals surface area contributed by atoms with Gasteiger partial charge in [-0.3, -0.25) is 0 Å². The molecule has 0 radical (unpaired) electrons. The van der Waals surface area contributed by atoms with Gasteiger partial charge in [0.1, 0.15) is 23.0 Å². The summed E-state index contributed by atoms with van der Waals surface area (Å²) >= 11 is 0. The molecule has 0 bridgehead atoms. The van der Waals surface area contributed by atoms with Crippen LogP contribution in [0.15, 0.2) is 40.8 Å². The Hall–Kier alpha value is -2.20. The molecule has 3 aromatic rings. The van der Waals surface area contributed by atoms with Gasteiger partial charge in [-0.15, -0.1) is 0 Å². The molecule has 21 heavy (non-hydrogen) atoms. The zero-order valence-corrected chi connectivity index (χ0v) is 11.8. The van der Waals surface area contributed by atoms with Crippen LogP contribution in [-0.2, 0) is 0 Å². The first-order valence-corrected chi connectivity index (χ1v) is 6.67. The normalized spacial score (nSPS) is 12.8. The number of fused-ring (bicyclic) bond motifs is 1. The molecule has 2 N–H and O–H groups in total. The van der Waals surface area contributed by atoms with Gasteiger partial charge in [-0.1, -0.05) is 6.07 Å². The van der Waals surface area contributed by atoms with E-state index < -0.39 is 6.04 Å². The monoisotopic (exact) mass is 287 g/mol. The maximum atomic E-state index is 13.5. The summed E-state index contributed by atoms with van der Waals surface area (Å²) in [4.78, 5) is 0. The van der Waals surface area contributed by atoms with Gasteiger partial charge in [0.2, 0.25) is 0 Å². The van der Waals surface area contributed by atoms with Gasteiger partial charge in [-0.25, -0.2) is 8.78 Å². The van der Waals surface area contributed by atoms with E-state index in [4.69, 9.17) is 10.2 Å². The molecular weight excluding hydrogens is 272 g/mol. The van der Waals surface area contributed by atoms with Crippen molar-refractivity contribution in [3.05, 3.63) is 70.5 Å². The number of halogens is 2. The molecule has 0 aliphatic heterocycles. The molecule has 1 atom stereocenters. The molecule has 0 aliphatic carbocycles. The van der Waals surface area contributed by atoms with Crippen LogP contribution in [0.4, 0.5) is 8.78 Å². The van der Waals surface area contributed by atoms with Crippen molar-refractivity contribution in [3.63, 3.8) is 0 Å². The van der Waals surface area contributed by atoms with Crippen molar-refractivity contribution in [1.29, 1.82) is 0 Å². The van der Waals surface area contributed by atoms with Crippen LogP contribution in [0.5, 0.6) is 0 Å². The second-order valence-corrected chi connectivity index (χ2v) is 5.27. The predicted octanol–water partition coefficient (Wildman–Crippen LogP) is 4.38. The van der Waals surface area contributed by atoms with E-state index in [0.717, 1.165) is 11.1 Å². The van der Waals surface area contributed by atoms with E-state index in [1.165, 1.54) is 24.3 Å². The van der Waals surface area contributed by atoms with Crippen LogP contribution in [0.1, 0.15) is 28.5 Å². The summed E-state index contributed by atoms with van der Waals surface area (Å²) in [6.07, 6.45) is 0. The molecule has 0 saturated heterocycles. The molecule has 108 valence electrons. The maximum absolute atomic E-state index is 13.5. The highest BCUT2D eigenvalue weighted by Crippen LogP contribution is 2.32. The smallest absolute Gasteiger partial charge is 0.134 e. The van der Waals surface area contributed by atoms with Gasteiger partial charge in [-0.05, 0) is 55.3 Å². The topological polar surface area (TPSA) is 39.2 Å². The summed E-state index contributed by atoms with van der Waals surface area (Å²) in [5.74, 6) is -0.131. The fourth-order valence-electron chi connectivity index (χ4n) is 2.60. The first-order valence-electron chi connectivity index (χ1n) is 6.67. The van der Waals surface area contributed by atoms with Gasteiger partial charge < -0.3 is 10.2 Å².